The van der Waals surface area contributed by atoms with Crippen LogP contribution in [-0.4, -0.2) is 17.8 Å². The third-order valence-corrected chi connectivity index (χ3v) is 4.41. The summed E-state index contributed by atoms with van der Waals surface area (Å²) in [4.78, 5) is 1.42. The van der Waals surface area contributed by atoms with Gasteiger partial charge in [-0.25, -0.2) is 0 Å². The van der Waals surface area contributed by atoms with Crippen molar-refractivity contribution in [3.8, 4) is 0 Å². The summed E-state index contributed by atoms with van der Waals surface area (Å²) in [5, 5.41) is 14.9. The van der Waals surface area contributed by atoms with E-state index in [1.165, 1.54) is 30.6 Å². The maximum atomic E-state index is 9.16. The highest BCUT2D eigenvalue weighted by molar-refractivity contribution is 7.10. The van der Waals surface area contributed by atoms with Crippen LogP contribution < -0.4 is 5.32 Å². The van der Waals surface area contributed by atoms with Gasteiger partial charge in [0.15, 0.2) is 0 Å². The lowest BCUT2D eigenvalue weighted by molar-refractivity contribution is 0.225. The average Bonchev–Trinajstić information content (AvgIpc) is 2.97. The second-order valence-electron chi connectivity index (χ2n) is 4.79. The Hall–Kier alpha value is -0.380. The molecule has 1 unspecified atom stereocenters. The first-order chi connectivity index (χ1) is 7.81. The zero-order valence-corrected chi connectivity index (χ0v) is 10.7. The van der Waals surface area contributed by atoms with E-state index in [2.05, 4.69) is 29.8 Å². The zero-order chi connectivity index (χ0) is 11.4. The van der Waals surface area contributed by atoms with Crippen LogP contribution in [0.4, 0.5) is 0 Å². The molecule has 1 fully saturated rings. The van der Waals surface area contributed by atoms with Crippen LogP contribution >= 0.6 is 11.3 Å². The van der Waals surface area contributed by atoms with E-state index in [-0.39, 0.29) is 12.6 Å². The van der Waals surface area contributed by atoms with Crippen molar-refractivity contribution in [2.75, 3.05) is 6.61 Å². The molecule has 1 aliphatic rings. The van der Waals surface area contributed by atoms with Crippen molar-refractivity contribution in [2.24, 2.45) is 5.92 Å². The Labute approximate surface area is 102 Å². The van der Waals surface area contributed by atoms with Crippen molar-refractivity contribution < 1.29 is 5.11 Å². The smallest absolute Gasteiger partial charge is 0.0582 e. The van der Waals surface area contributed by atoms with Crippen LogP contribution in [-0.2, 0) is 0 Å². The van der Waals surface area contributed by atoms with Gasteiger partial charge in [-0.2, -0.15) is 0 Å². The Morgan fingerprint density at radius 2 is 2.25 bits per heavy atom. The number of aliphatic hydroxyl groups excluding tert-OH is 1. The van der Waals surface area contributed by atoms with Crippen LogP contribution in [0, 0.1) is 5.92 Å². The molecule has 90 valence electrons. The minimum atomic E-state index is 0.188. The minimum absolute atomic E-state index is 0.188. The predicted octanol–water partition coefficient (Wildman–Crippen LogP) is 2.95. The minimum Gasteiger partial charge on any atom is -0.395 e. The highest BCUT2D eigenvalue weighted by atomic mass is 32.1. The van der Waals surface area contributed by atoms with E-state index >= 15 is 0 Å². The van der Waals surface area contributed by atoms with Crippen LogP contribution in [0.1, 0.15) is 43.5 Å². The number of hydrogen-bond donors (Lipinski definition) is 2. The Morgan fingerprint density at radius 1 is 1.50 bits per heavy atom. The number of nitrogens with one attached hydrogen (secondary N) is 1. The molecule has 0 radical (unpaired) electrons. The maximum Gasteiger partial charge on any atom is 0.0582 e. The first kappa shape index (κ1) is 12.1. The van der Waals surface area contributed by atoms with E-state index in [1.54, 1.807) is 0 Å². The SMILES string of the molecule is C[C@@H](CO)NC(c1cccs1)C1CCCC1. The zero-order valence-electron chi connectivity index (χ0n) is 9.86. The van der Waals surface area contributed by atoms with Crippen LogP contribution in [0.15, 0.2) is 17.5 Å². The van der Waals surface area contributed by atoms with Gasteiger partial charge in [0.05, 0.1) is 6.61 Å². The highest BCUT2D eigenvalue weighted by Gasteiger charge is 2.27. The van der Waals surface area contributed by atoms with E-state index in [4.69, 9.17) is 5.11 Å². The standard InChI is InChI=1S/C13H21NOS/c1-10(9-15)14-13(11-5-2-3-6-11)12-7-4-8-16-12/h4,7-8,10-11,13-15H,2-3,5-6,9H2,1H3/t10-,13?/m0/s1. The molecule has 1 aliphatic carbocycles. The molecule has 2 rings (SSSR count). The molecule has 2 N–H and O–H groups in total. The summed E-state index contributed by atoms with van der Waals surface area (Å²) in [7, 11) is 0. The van der Waals surface area contributed by atoms with Crippen molar-refractivity contribution in [1.82, 2.24) is 5.32 Å². The summed E-state index contributed by atoms with van der Waals surface area (Å²) < 4.78 is 0. The predicted molar refractivity (Wildman–Crippen MR) is 68.7 cm³/mol. The van der Waals surface area contributed by atoms with E-state index in [1.807, 2.05) is 11.3 Å². The molecule has 1 aromatic heterocycles. The second-order valence-corrected chi connectivity index (χ2v) is 5.77. The topological polar surface area (TPSA) is 32.3 Å². The fourth-order valence-corrected chi connectivity index (χ4v) is 3.45. The Morgan fingerprint density at radius 3 is 2.81 bits per heavy atom. The van der Waals surface area contributed by atoms with Gasteiger partial charge in [-0.1, -0.05) is 18.9 Å². The molecule has 0 aliphatic heterocycles. The molecule has 1 saturated carbocycles. The van der Waals surface area contributed by atoms with Gasteiger partial charge in [0.2, 0.25) is 0 Å². The Kier molecular flexibility index (Phi) is 4.38. The van der Waals surface area contributed by atoms with E-state index in [9.17, 15) is 0 Å². The Balaban J connectivity index is 2.06. The number of aliphatic hydroxyl groups is 1. The molecule has 3 heteroatoms. The van der Waals surface area contributed by atoms with Gasteiger partial charge in [0, 0.05) is 17.0 Å². The summed E-state index contributed by atoms with van der Waals surface area (Å²) in [6.45, 7) is 2.27. The van der Waals surface area contributed by atoms with Crippen LogP contribution in [0.2, 0.25) is 0 Å². The van der Waals surface area contributed by atoms with Crippen molar-refractivity contribution >= 4 is 11.3 Å². The normalized spacial score (nSPS) is 21.1. The summed E-state index contributed by atoms with van der Waals surface area (Å²) >= 11 is 1.83. The quantitative estimate of drug-likeness (QED) is 0.828. The lowest BCUT2D eigenvalue weighted by atomic mass is 9.96. The Bertz CT molecular complexity index is 293. The molecule has 0 bridgehead atoms. The van der Waals surface area contributed by atoms with Gasteiger partial charge in [-0.05, 0) is 37.1 Å². The summed E-state index contributed by atoms with van der Waals surface area (Å²) in [5.41, 5.74) is 0. The van der Waals surface area contributed by atoms with Crippen molar-refractivity contribution in [1.29, 1.82) is 0 Å². The molecule has 0 spiro atoms. The maximum absolute atomic E-state index is 9.16. The lowest BCUT2D eigenvalue weighted by Gasteiger charge is -2.26. The first-order valence-electron chi connectivity index (χ1n) is 6.21. The van der Waals surface area contributed by atoms with Crippen LogP contribution in [0.5, 0.6) is 0 Å². The van der Waals surface area contributed by atoms with Crippen molar-refractivity contribution in [2.45, 2.75) is 44.7 Å². The first-order valence-corrected chi connectivity index (χ1v) is 7.09. The second kappa shape index (κ2) is 5.80. The number of rotatable bonds is 5. The molecular formula is C13H21NOS. The van der Waals surface area contributed by atoms with E-state index in [0.29, 0.717) is 6.04 Å². The molecule has 0 amide bonds. The molecule has 0 saturated heterocycles. The van der Waals surface area contributed by atoms with Gasteiger partial charge in [0.25, 0.3) is 0 Å². The van der Waals surface area contributed by atoms with Gasteiger partial charge in [-0.3, -0.25) is 0 Å². The van der Waals surface area contributed by atoms with Gasteiger partial charge in [-0.15, -0.1) is 11.3 Å². The molecule has 2 nitrogen and oxygen atoms in total. The lowest BCUT2D eigenvalue weighted by Crippen LogP contribution is -2.36. The number of thiophene rings is 1. The fraction of sp³-hybridized carbons (Fsp3) is 0.692. The molecule has 1 heterocycles. The van der Waals surface area contributed by atoms with Crippen molar-refractivity contribution in [3.05, 3.63) is 22.4 Å². The monoisotopic (exact) mass is 239 g/mol. The van der Waals surface area contributed by atoms with Crippen LogP contribution in [0.25, 0.3) is 0 Å². The molecule has 16 heavy (non-hydrogen) atoms. The third kappa shape index (κ3) is 2.84. The van der Waals surface area contributed by atoms with Gasteiger partial charge in [0.1, 0.15) is 0 Å². The fourth-order valence-electron chi connectivity index (χ4n) is 2.57. The van der Waals surface area contributed by atoms with Gasteiger partial charge >= 0.3 is 0 Å². The average molecular weight is 239 g/mol. The third-order valence-electron chi connectivity index (χ3n) is 3.46. The summed E-state index contributed by atoms with van der Waals surface area (Å²) in [6.07, 6.45) is 5.38. The van der Waals surface area contributed by atoms with E-state index in [0.717, 1.165) is 5.92 Å². The summed E-state index contributed by atoms with van der Waals surface area (Å²) in [5.74, 6) is 0.757. The largest absolute Gasteiger partial charge is 0.395 e. The summed E-state index contributed by atoms with van der Waals surface area (Å²) in [6, 6.07) is 4.97. The molecular weight excluding hydrogens is 218 g/mol. The molecule has 1 aromatic rings. The van der Waals surface area contributed by atoms with Gasteiger partial charge < -0.3 is 10.4 Å². The molecule has 0 aromatic carbocycles. The van der Waals surface area contributed by atoms with Crippen LogP contribution in [0.3, 0.4) is 0 Å². The number of hydrogen-bond acceptors (Lipinski definition) is 3. The van der Waals surface area contributed by atoms with E-state index < -0.39 is 0 Å². The van der Waals surface area contributed by atoms with Crippen molar-refractivity contribution in [3.63, 3.8) is 0 Å². The highest BCUT2D eigenvalue weighted by Crippen LogP contribution is 2.37. The molecule has 2 atom stereocenters.